The molecule has 4 heteroatoms. The normalized spacial score (nSPS) is 20.7. The third kappa shape index (κ3) is 3.26. The lowest BCUT2D eigenvalue weighted by atomic mass is 10.1. The molecule has 1 aromatic carbocycles. The molecule has 1 aromatic rings. The van der Waals surface area contributed by atoms with E-state index in [0.29, 0.717) is 12.3 Å². The van der Waals surface area contributed by atoms with Crippen molar-refractivity contribution in [2.24, 2.45) is 5.92 Å². The molecule has 2 rings (SSSR count). The van der Waals surface area contributed by atoms with Crippen LogP contribution in [0.1, 0.15) is 24.9 Å². The first-order valence-corrected chi connectivity index (χ1v) is 6.73. The molecule has 2 atom stereocenters. The van der Waals surface area contributed by atoms with Crippen LogP contribution in [0.5, 0.6) is 5.75 Å². The fraction of sp³-hybridized carbons (Fsp3) is 0.533. The maximum absolute atomic E-state index is 11.8. The van der Waals surface area contributed by atoms with E-state index in [-0.39, 0.29) is 11.9 Å². The third-order valence-electron chi connectivity index (χ3n) is 3.68. The molecule has 1 aliphatic rings. The minimum Gasteiger partial charge on any atom is -0.497 e. The van der Waals surface area contributed by atoms with Crippen molar-refractivity contribution < 1.29 is 9.53 Å². The van der Waals surface area contributed by atoms with Crippen molar-refractivity contribution in [3.8, 4) is 5.75 Å². The van der Waals surface area contributed by atoms with Gasteiger partial charge in [0.25, 0.3) is 0 Å². The van der Waals surface area contributed by atoms with Crippen molar-refractivity contribution in [3.05, 3.63) is 29.8 Å². The highest BCUT2D eigenvalue weighted by atomic mass is 16.5. The highest BCUT2D eigenvalue weighted by Crippen LogP contribution is 2.22. The highest BCUT2D eigenvalue weighted by Gasteiger charge is 2.28. The van der Waals surface area contributed by atoms with E-state index in [2.05, 4.69) is 12.2 Å². The lowest BCUT2D eigenvalue weighted by Crippen LogP contribution is -2.34. The number of carbonyl (C=O) groups excluding carboxylic acids is 1. The summed E-state index contributed by atoms with van der Waals surface area (Å²) in [6.07, 6.45) is 0.680. The van der Waals surface area contributed by atoms with E-state index in [9.17, 15) is 4.79 Å². The minimum atomic E-state index is 0.167. The zero-order chi connectivity index (χ0) is 13.8. The highest BCUT2D eigenvalue weighted by molar-refractivity contribution is 5.78. The van der Waals surface area contributed by atoms with Gasteiger partial charge in [-0.25, -0.2) is 0 Å². The Morgan fingerprint density at radius 1 is 1.42 bits per heavy atom. The molecule has 1 fully saturated rings. The van der Waals surface area contributed by atoms with Crippen LogP contribution in [0.15, 0.2) is 24.3 Å². The Morgan fingerprint density at radius 2 is 2.11 bits per heavy atom. The van der Waals surface area contributed by atoms with Gasteiger partial charge in [0.2, 0.25) is 5.91 Å². The average Bonchev–Trinajstić information content (AvgIpc) is 2.74. The predicted octanol–water partition coefficient (Wildman–Crippen LogP) is 1.82. The SMILES string of the molecule is CNC(CN1CC(C)CC1=O)c1ccc(OC)cc1. The van der Waals surface area contributed by atoms with Gasteiger partial charge in [0, 0.05) is 25.6 Å². The van der Waals surface area contributed by atoms with Crippen LogP contribution in [0.2, 0.25) is 0 Å². The van der Waals surface area contributed by atoms with Crippen LogP contribution in [0.4, 0.5) is 0 Å². The van der Waals surface area contributed by atoms with Gasteiger partial charge in [-0.05, 0) is 30.7 Å². The molecule has 1 saturated heterocycles. The molecule has 1 heterocycles. The quantitative estimate of drug-likeness (QED) is 0.880. The maximum Gasteiger partial charge on any atom is 0.222 e. The van der Waals surface area contributed by atoms with E-state index < -0.39 is 0 Å². The van der Waals surface area contributed by atoms with Crippen molar-refractivity contribution in [2.45, 2.75) is 19.4 Å². The summed E-state index contributed by atoms with van der Waals surface area (Å²) in [6.45, 7) is 3.72. The number of likely N-dealkylation sites (tertiary alicyclic amines) is 1. The molecule has 4 nitrogen and oxygen atoms in total. The van der Waals surface area contributed by atoms with Gasteiger partial charge in [-0.2, -0.15) is 0 Å². The van der Waals surface area contributed by atoms with E-state index in [4.69, 9.17) is 4.74 Å². The van der Waals surface area contributed by atoms with E-state index in [1.807, 2.05) is 36.2 Å². The van der Waals surface area contributed by atoms with Gasteiger partial charge in [-0.15, -0.1) is 0 Å². The Morgan fingerprint density at radius 3 is 2.58 bits per heavy atom. The number of methoxy groups -OCH3 is 1. The Bertz CT molecular complexity index is 430. The first kappa shape index (κ1) is 13.9. The number of rotatable bonds is 5. The third-order valence-corrected chi connectivity index (χ3v) is 3.68. The zero-order valence-electron chi connectivity index (χ0n) is 11.8. The summed E-state index contributed by atoms with van der Waals surface area (Å²) in [4.78, 5) is 13.8. The first-order chi connectivity index (χ1) is 9.13. The number of hydrogen-bond donors (Lipinski definition) is 1. The number of hydrogen-bond acceptors (Lipinski definition) is 3. The lowest BCUT2D eigenvalue weighted by molar-refractivity contribution is -0.128. The zero-order valence-corrected chi connectivity index (χ0v) is 11.8. The summed E-state index contributed by atoms with van der Waals surface area (Å²) >= 11 is 0. The molecule has 1 amide bonds. The molecule has 2 unspecified atom stereocenters. The second kappa shape index (κ2) is 6.06. The van der Waals surface area contributed by atoms with Gasteiger partial charge in [0.05, 0.1) is 7.11 Å². The first-order valence-electron chi connectivity index (χ1n) is 6.73. The van der Waals surface area contributed by atoms with Crippen molar-refractivity contribution in [2.75, 3.05) is 27.2 Å². The van der Waals surface area contributed by atoms with Crippen molar-refractivity contribution in [3.63, 3.8) is 0 Å². The number of likely N-dealkylation sites (N-methyl/N-ethyl adjacent to an activating group) is 1. The summed E-state index contributed by atoms with van der Waals surface area (Å²) in [5, 5.41) is 3.28. The van der Waals surface area contributed by atoms with E-state index in [1.165, 1.54) is 5.56 Å². The van der Waals surface area contributed by atoms with E-state index in [1.54, 1.807) is 7.11 Å². The summed E-state index contributed by atoms with van der Waals surface area (Å²) in [7, 11) is 3.59. The van der Waals surface area contributed by atoms with Gasteiger partial charge in [-0.1, -0.05) is 19.1 Å². The van der Waals surface area contributed by atoms with Crippen LogP contribution >= 0.6 is 0 Å². The Kier molecular flexibility index (Phi) is 4.43. The molecule has 104 valence electrons. The van der Waals surface area contributed by atoms with Gasteiger partial charge in [0.1, 0.15) is 5.75 Å². The van der Waals surface area contributed by atoms with Crippen molar-refractivity contribution in [1.82, 2.24) is 10.2 Å². The van der Waals surface area contributed by atoms with Gasteiger partial charge in [0.15, 0.2) is 0 Å². The Labute approximate surface area is 114 Å². The number of nitrogens with one attached hydrogen (secondary N) is 1. The fourth-order valence-electron chi connectivity index (χ4n) is 2.57. The second-order valence-electron chi connectivity index (χ2n) is 5.22. The molecule has 0 aliphatic carbocycles. The molecule has 0 saturated carbocycles. The molecular weight excluding hydrogens is 240 g/mol. The second-order valence-corrected chi connectivity index (χ2v) is 5.22. The van der Waals surface area contributed by atoms with Crippen LogP contribution in [-0.2, 0) is 4.79 Å². The fourth-order valence-corrected chi connectivity index (χ4v) is 2.57. The standard InChI is InChI=1S/C15H22N2O2/c1-11-8-15(18)17(9-11)10-14(16-2)12-4-6-13(19-3)7-5-12/h4-7,11,14,16H,8-10H2,1-3H3. The molecule has 0 spiro atoms. The van der Waals surface area contributed by atoms with Gasteiger partial charge in [-0.3, -0.25) is 4.79 Å². The molecule has 19 heavy (non-hydrogen) atoms. The smallest absolute Gasteiger partial charge is 0.222 e. The summed E-state index contributed by atoms with van der Waals surface area (Å²) in [6, 6.07) is 8.16. The lowest BCUT2D eigenvalue weighted by Gasteiger charge is -2.24. The molecular formula is C15H22N2O2. The number of carbonyl (C=O) groups is 1. The van der Waals surface area contributed by atoms with Crippen LogP contribution in [0.3, 0.4) is 0 Å². The number of nitrogens with zero attached hydrogens (tertiary/aromatic N) is 1. The predicted molar refractivity (Wildman–Crippen MR) is 75.2 cm³/mol. The summed E-state index contributed by atoms with van der Waals surface area (Å²) < 4.78 is 5.16. The van der Waals surface area contributed by atoms with Crippen LogP contribution in [0.25, 0.3) is 0 Å². The van der Waals surface area contributed by atoms with Gasteiger partial charge < -0.3 is 15.0 Å². The summed E-state index contributed by atoms with van der Waals surface area (Å²) in [5.74, 6) is 1.59. The van der Waals surface area contributed by atoms with Crippen molar-refractivity contribution in [1.29, 1.82) is 0 Å². The van der Waals surface area contributed by atoms with Crippen molar-refractivity contribution >= 4 is 5.91 Å². The number of ether oxygens (including phenoxy) is 1. The average molecular weight is 262 g/mol. The minimum absolute atomic E-state index is 0.167. The van der Waals surface area contributed by atoms with Gasteiger partial charge >= 0.3 is 0 Å². The van der Waals surface area contributed by atoms with E-state index >= 15 is 0 Å². The van der Waals surface area contributed by atoms with Crippen LogP contribution in [0, 0.1) is 5.92 Å². The van der Waals surface area contributed by atoms with Crippen LogP contribution in [-0.4, -0.2) is 38.1 Å². The van der Waals surface area contributed by atoms with Crippen LogP contribution < -0.4 is 10.1 Å². The summed E-state index contributed by atoms with van der Waals surface area (Å²) in [5.41, 5.74) is 1.18. The molecule has 0 aromatic heterocycles. The Hall–Kier alpha value is -1.55. The largest absolute Gasteiger partial charge is 0.497 e. The Balaban J connectivity index is 2.05. The molecule has 0 radical (unpaired) electrons. The molecule has 0 bridgehead atoms. The monoisotopic (exact) mass is 262 g/mol. The maximum atomic E-state index is 11.8. The number of benzene rings is 1. The topological polar surface area (TPSA) is 41.6 Å². The molecule has 1 N–H and O–H groups in total. The molecule has 1 aliphatic heterocycles. The number of amides is 1. The van der Waals surface area contributed by atoms with E-state index in [0.717, 1.165) is 18.8 Å².